The Labute approximate surface area is 217 Å². The monoisotopic (exact) mass is 430 g/mol. The van der Waals surface area contributed by atoms with E-state index in [1.54, 1.807) is 31.4 Å². The van der Waals surface area contributed by atoms with Gasteiger partial charge >= 0.3 is 103 Å². The molecule has 108 valence electrons. The Morgan fingerprint density at radius 2 is 1.62 bits per heavy atom. The maximum Gasteiger partial charge on any atom is 1.00 e. The quantitative estimate of drug-likeness (QED) is 0.339. The van der Waals surface area contributed by atoms with E-state index in [0.29, 0.717) is 17.9 Å². The van der Waals surface area contributed by atoms with Gasteiger partial charge in [-0.1, -0.05) is 15.9 Å². The Morgan fingerprint density at radius 1 is 1.19 bits per heavy atom. The molecule has 10 heteroatoms. The number of hydrogen-bond donors (Lipinski definition) is 0. The van der Waals surface area contributed by atoms with Crippen molar-refractivity contribution in [1.82, 2.24) is 0 Å². The van der Waals surface area contributed by atoms with Gasteiger partial charge in [0.05, 0.1) is 10.6 Å². The molecule has 0 aliphatic carbocycles. The first-order valence-corrected chi connectivity index (χ1v) is 7.59. The molecule has 0 aromatic heterocycles. The molecule has 0 atom stereocenters. The fourth-order valence-electron chi connectivity index (χ4n) is 1.15. The van der Waals surface area contributed by atoms with Gasteiger partial charge in [-0.25, -0.2) is 8.42 Å². The van der Waals surface area contributed by atoms with Crippen LogP contribution in [0.1, 0.15) is 6.42 Å². The summed E-state index contributed by atoms with van der Waals surface area (Å²) in [6.45, 7) is 0.468. The van der Waals surface area contributed by atoms with Crippen molar-refractivity contribution in [3.8, 4) is 0 Å². The second-order valence-corrected chi connectivity index (χ2v) is 6.39. The molecule has 0 spiro atoms. The van der Waals surface area contributed by atoms with Crippen molar-refractivity contribution < 1.29 is 131 Å². The number of benzene rings is 1. The molecule has 1 aromatic carbocycles. The zero-order chi connectivity index (χ0) is 14.9. The molecule has 0 saturated heterocycles. The number of hydrogen-bond acceptors (Lipinski definition) is 6. The van der Waals surface area contributed by atoms with E-state index >= 15 is 0 Å². The van der Waals surface area contributed by atoms with Crippen LogP contribution >= 0.6 is 15.9 Å². The largest absolute Gasteiger partial charge is 1.00 e. The summed E-state index contributed by atoms with van der Waals surface area (Å²) in [5, 5.41) is 16.7. The maximum atomic E-state index is 11.7. The first kappa shape index (κ1) is 28.0. The van der Waals surface area contributed by atoms with E-state index in [1.165, 1.54) is 0 Å². The van der Waals surface area contributed by atoms with Gasteiger partial charge in [0.25, 0.3) is 0 Å². The summed E-state index contributed by atoms with van der Waals surface area (Å²) in [5.74, 6) is 0.127. The molecule has 1 aromatic rings. The van der Waals surface area contributed by atoms with E-state index in [1.807, 2.05) is 0 Å². The Balaban J connectivity index is -0.000000482. The fraction of sp³-hybridized carbons (Fsp3) is 0.364. The number of rotatable bonds is 5. The number of ether oxygens (including phenoxy) is 1. The molecule has 0 unspecified atom stereocenters. The van der Waals surface area contributed by atoms with Crippen molar-refractivity contribution in [2.45, 2.75) is 11.3 Å². The zero-order valence-electron chi connectivity index (χ0n) is 12.2. The van der Waals surface area contributed by atoms with Crippen LogP contribution in [-0.2, 0) is 14.6 Å². The van der Waals surface area contributed by atoms with Crippen molar-refractivity contribution in [3.63, 3.8) is 0 Å². The van der Waals surface area contributed by atoms with E-state index in [9.17, 15) is 8.42 Å². The van der Waals surface area contributed by atoms with Crippen LogP contribution in [-0.4, -0.2) is 34.0 Å². The summed E-state index contributed by atoms with van der Waals surface area (Å²) in [6.07, 6.45) is -1.81. The number of carbonyl (C=O) groups excluding carboxylic acids is 1. The van der Waals surface area contributed by atoms with Crippen molar-refractivity contribution in [2.75, 3.05) is 19.5 Å². The first-order chi connectivity index (χ1) is 8.79. The third-order valence-corrected chi connectivity index (χ3v) is 4.28. The molecule has 0 amide bonds. The van der Waals surface area contributed by atoms with Crippen molar-refractivity contribution in [1.29, 1.82) is 0 Å². The summed E-state index contributed by atoms with van der Waals surface area (Å²) >= 11 is 3.26. The van der Waals surface area contributed by atoms with Gasteiger partial charge in [0.1, 0.15) is 0 Å². The van der Waals surface area contributed by atoms with Gasteiger partial charge in [-0.2, -0.15) is 0 Å². The molecule has 0 bridgehead atoms. The van der Waals surface area contributed by atoms with Crippen molar-refractivity contribution >= 4 is 31.9 Å². The van der Waals surface area contributed by atoms with Crippen LogP contribution in [0.15, 0.2) is 33.6 Å². The molecule has 0 aliphatic heterocycles. The normalized spacial score (nSPS) is 9.43. The average molecular weight is 431 g/mol. The minimum Gasteiger partial charge on any atom is -0.652 e. The van der Waals surface area contributed by atoms with Crippen LogP contribution in [0, 0.1) is 0 Å². The summed E-state index contributed by atoms with van der Waals surface area (Å²) in [7, 11) is -1.59. The van der Waals surface area contributed by atoms with Crippen LogP contribution < -0.4 is 113 Å². The zero-order valence-corrected chi connectivity index (χ0v) is 20.8. The van der Waals surface area contributed by atoms with Crippen molar-refractivity contribution in [3.05, 3.63) is 28.7 Å². The predicted octanol–water partition coefficient (Wildman–Crippen LogP) is -6.18. The molecule has 21 heavy (non-hydrogen) atoms. The van der Waals surface area contributed by atoms with Gasteiger partial charge in [0, 0.05) is 18.2 Å². The van der Waals surface area contributed by atoms with E-state index in [4.69, 9.17) is 19.7 Å². The Morgan fingerprint density at radius 3 is 2.00 bits per heavy atom. The average Bonchev–Trinajstić information content (AvgIpc) is 2.29. The van der Waals surface area contributed by atoms with Gasteiger partial charge in [-0.3, -0.25) is 0 Å². The standard InChI is InChI=1S/C10H13BrO3S.CH2O3.2K/c1-14-7-2-8-15(12,13)10-5-3-9(11)4-6-10;2-1(3)4;;/h3-6H,2,7-8H2,1H3;(H2,2,3,4);;/q;;2*+1/p-2. The molecule has 0 heterocycles. The SMILES string of the molecule is COCCCS(=O)(=O)c1ccc(Br)cc1.O=C([O-])[O-].[K+].[K+]. The van der Waals surface area contributed by atoms with E-state index in [-0.39, 0.29) is 109 Å². The summed E-state index contributed by atoms with van der Waals surface area (Å²) in [6, 6.07) is 6.66. The third-order valence-electron chi connectivity index (χ3n) is 1.93. The molecule has 0 aliphatic rings. The van der Waals surface area contributed by atoms with Crippen LogP contribution in [0.4, 0.5) is 4.79 Å². The fourth-order valence-corrected chi connectivity index (χ4v) is 2.70. The summed E-state index contributed by atoms with van der Waals surface area (Å²) < 4.78 is 29.2. The molecule has 0 fully saturated rings. The first-order valence-electron chi connectivity index (χ1n) is 5.15. The summed E-state index contributed by atoms with van der Waals surface area (Å²) in [4.78, 5) is 8.70. The molecule has 0 N–H and O–H groups in total. The minimum absolute atomic E-state index is 0. The summed E-state index contributed by atoms with van der Waals surface area (Å²) in [5.41, 5.74) is 0. The maximum absolute atomic E-state index is 11.7. The number of halogens is 1. The third kappa shape index (κ3) is 15.4. The number of carbonyl (C=O) groups is 1. The minimum atomic E-state index is -3.15. The molecule has 1 rings (SSSR count). The van der Waals surface area contributed by atoms with Crippen LogP contribution in [0.5, 0.6) is 0 Å². The second-order valence-electron chi connectivity index (χ2n) is 3.37. The van der Waals surface area contributed by atoms with E-state index in [0.717, 1.165) is 4.47 Å². The van der Waals surface area contributed by atoms with Gasteiger partial charge in [0.15, 0.2) is 9.84 Å². The molecular weight excluding hydrogens is 418 g/mol. The van der Waals surface area contributed by atoms with Crippen LogP contribution in [0.3, 0.4) is 0 Å². The topological polar surface area (TPSA) is 107 Å². The van der Waals surface area contributed by atoms with Gasteiger partial charge in [0.2, 0.25) is 0 Å². The number of carboxylic acid groups (broad SMARTS) is 2. The van der Waals surface area contributed by atoms with E-state index in [2.05, 4.69) is 15.9 Å². The number of methoxy groups -OCH3 is 1. The molecule has 0 radical (unpaired) electrons. The Hall–Kier alpha value is 2.15. The Bertz CT molecular complexity index is 488. The van der Waals surface area contributed by atoms with Crippen molar-refractivity contribution in [2.24, 2.45) is 0 Å². The molecule has 0 saturated carbocycles. The second kappa shape index (κ2) is 15.7. The van der Waals surface area contributed by atoms with E-state index < -0.39 is 16.0 Å². The van der Waals surface area contributed by atoms with Crippen LogP contribution in [0.2, 0.25) is 0 Å². The molecular formula is C11H13BrK2O6S. The van der Waals surface area contributed by atoms with Gasteiger partial charge in [-0.05, 0) is 36.8 Å². The van der Waals surface area contributed by atoms with Gasteiger partial charge < -0.3 is 19.7 Å². The Kier molecular flexibility index (Phi) is 20.9. The smallest absolute Gasteiger partial charge is 0.652 e. The predicted molar refractivity (Wildman–Crippen MR) is 68.1 cm³/mol. The van der Waals surface area contributed by atoms with Crippen LogP contribution in [0.25, 0.3) is 0 Å². The molecule has 6 nitrogen and oxygen atoms in total. The van der Waals surface area contributed by atoms with Gasteiger partial charge in [-0.15, -0.1) is 0 Å². The number of sulfone groups is 1.